The molecule has 2 heterocycles. The van der Waals surface area contributed by atoms with Crippen molar-refractivity contribution >= 4 is 22.5 Å². The van der Waals surface area contributed by atoms with Crippen molar-refractivity contribution in [3.63, 3.8) is 0 Å². The second-order valence-corrected chi connectivity index (χ2v) is 7.05. The maximum Gasteiger partial charge on any atom is 0.418 e. The number of hydrogen-bond donors (Lipinski definition) is 1. The normalized spacial score (nSPS) is 11.6. The fourth-order valence-electron chi connectivity index (χ4n) is 3.46. The third-order valence-electron chi connectivity index (χ3n) is 4.99. The number of para-hydroxylation sites is 2. The number of carbonyl (C=O) groups is 1. The fourth-order valence-corrected chi connectivity index (χ4v) is 3.46. The standard InChI is InChI=1S/C23H19F3N4O/c1-3-30-13-17(14(2)29-30)21-12-16(15-8-4-6-10-19(15)27-21)22(31)28-20-11-7-5-9-18(20)23(24,25)26/h4-13H,3H2,1-2H3,(H,28,31). The number of hydrogen-bond acceptors (Lipinski definition) is 3. The molecule has 0 aliphatic rings. The van der Waals surface area contributed by atoms with Gasteiger partial charge < -0.3 is 5.32 Å². The number of anilines is 1. The molecule has 158 valence electrons. The molecule has 0 saturated heterocycles. The first-order valence-electron chi connectivity index (χ1n) is 9.69. The molecule has 4 aromatic rings. The minimum absolute atomic E-state index is 0.237. The van der Waals surface area contributed by atoms with Gasteiger partial charge in [-0.25, -0.2) is 4.98 Å². The maximum atomic E-state index is 13.3. The van der Waals surface area contributed by atoms with Crippen LogP contribution in [0.4, 0.5) is 18.9 Å². The second kappa shape index (κ2) is 7.86. The van der Waals surface area contributed by atoms with Gasteiger partial charge in [-0.15, -0.1) is 0 Å². The highest BCUT2D eigenvalue weighted by molar-refractivity contribution is 6.13. The van der Waals surface area contributed by atoms with Gasteiger partial charge in [-0.1, -0.05) is 30.3 Å². The second-order valence-electron chi connectivity index (χ2n) is 7.05. The van der Waals surface area contributed by atoms with Crippen LogP contribution in [0.1, 0.15) is 28.5 Å². The minimum Gasteiger partial charge on any atom is -0.321 e. The van der Waals surface area contributed by atoms with Crippen LogP contribution < -0.4 is 5.32 Å². The van der Waals surface area contributed by atoms with Crippen molar-refractivity contribution in [2.75, 3.05) is 5.32 Å². The van der Waals surface area contributed by atoms with Gasteiger partial charge in [0.1, 0.15) is 0 Å². The Morgan fingerprint density at radius 2 is 1.81 bits per heavy atom. The van der Waals surface area contributed by atoms with Crippen molar-refractivity contribution in [3.8, 4) is 11.3 Å². The summed E-state index contributed by atoms with van der Waals surface area (Å²) in [6, 6.07) is 13.5. The van der Waals surface area contributed by atoms with Crippen molar-refractivity contribution < 1.29 is 18.0 Å². The topological polar surface area (TPSA) is 59.8 Å². The van der Waals surface area contributed by atoms with Crippen molar-refractivity contribution in [1.29, 1.82) is 0 Å². The van der Waals surface area contributed by atoms with Crippen molar-refractivity contribution in [1.82, 2.24) is 14.8 Å². The molecule has 1 amide bonds. The SMILES string of the molecule is CCn1cc(-c2cc(C(=O)Nc3ccccc3C(F)(F)F)c3ccccc3n2)c(C)n1. The summed E-state index contributed by atoms with van der Waals surface area (Å²) in [6.45, 7) is 4.48. The third kappa shape index (κ3) is 4.01. The number of alkyl halides is 3. The molecule has 0 bridgehead atoms. The van der Waals surface area contributed by atoms with E-state index in [0.717, 1.165) is 17.3 Å². The van der Waals surface area contributed by atoms with Crippen LogP contribution in [0.2, 0.25) is 0 Å². The van der Waals surface area contributed by atoms with E-state index < -0.39 is 17.6 Å². The Bertz CT molecular complexity index is 1280. The smallest absolute Gasteiger partial charge is 0.321 e. The van der Waals surface area contributed by atoms with Gasteiger partial charge in [-0.2, -0.15) is 18.3 Å². The molecule has 0 aliphatic heterocycles. The number of rotatable bonds is 4. The Kier molecular flexibility index (Phi) is 5.22. The van der Waals surface area contributed by atoms with E-state index >= 15 is 0 Å². The molecule has 0 fully saturated rings. The van der Waals surface area contributed by atoms with E-state index in [0.29, 0.717) is 23.1 Å². The summed E-state index contributed by atoms with van der Waals surface area (Å²) >= 11 is 0. The maximum absolute atomic E-state index is 13.3. The van der Waals surface area contributed by atoms with Gasteiger partial charge in [0.25, 0.3) is 5.91 Å². The summed E-state index contributed by atoms with van der Waals surface area (Å²) in [7, 11) is 0. The molecule has 0 saturated carbocycles. The van der Waals surface area contributed by atoms with Gasteiger partial charge in [-0.3, -0.25) is 9.48 Å². The van der Waals surface area contributed by atoms with Gasteiger partial charge in [-0.05, 0) is 38.1 Å². The number of carbonyl (C=O) groups excluding carboxylic acids is 1. The third-order valence-corrected chi connectivity index (χ3v) is 4.99. The molecule has 4 rings (SSSR count). The number of nitrogens with one attached hydrogen (secondary N) is 1. The van der Waals surface area contributed by atoms with Crippen LogP contribution >= 0.6 is 0 Å². The zero-order chi connectivity index (χ0) is 22.2. The lowest BCUT2D eigenvalue weighted by molar-refractivity contribution is -0.136. The molecule has 8 heteroatoms. The van der Waals surface area contributed by atoms with Gasteiger partial charge in [0.05, 0.1) is 33.7 Å². The van der Waals surface area contributed by atoms with Gasteiger partial charge in [0.2, 0.25) is 0 Å². The zero-order valence-corrected chi connectivity index (χ0v) is 16.9. The number of benzene rings is 2. The van der Waals surface area contributed by atoms with Crippen LogP contribution in [-0.2, 0) is 12.7 Å². The molecule has 1 N–H and O–H groups in total. The van der Waals surface area contributed by atoms with Crippen molar-refractivity contribution in [3.05, 3.63) is 77.6 Å². The van der Waals surface area contributed by atoms with Crippen molar-refractivity contribution in [2.24, 2.45) is 0 Å². The molecule has 0 radical (unpaired) electrons. The Hall–Kier alpha value is -3.68. The summed E-state index contributed by atoms with van der Waals surface area (Å²) in [6.07, 6.45) is -2.74. The first kappa shape index (κ1) is 20.6. The summed E-state index contributed by atoms with van der Waals surface area (Å²) in [4.78, 5) is 17.8. The molecule has 5 nitrogen and oxygen atoms in total. The van der Waals surface area contributed by atoms with E-state index in [-0.39, 0.29) is 11.3 Å². The summed E-state index contributed by atoms with van der Waals surface area (Å²) in [5.41, 5.74) is 1.65. The number of fused-ring (bicyclic) bond motifs is 1. The van der Waals surface area contributed by atoms with E-state index in [4.69, 9.17) is 0 Å². The van der Waals surface area contributed by atoms with Crippen LogP contribution in [0, 0.1) is 6.92 Å². The van der Waals surface area contributed by atoms with Crippen LogP contribution in [0.15, 0.2) is 60.8 Å². The minimum atomic E-state index is -4.58. The highest BCUT2D eigenvalue weighted by Gasteiger charge is 2.33. The van der Waals surface area contributed by atoms with Gasteiger partial charge in [0.15, 0.2) is 0 Å². The molecule has 31 heavy (non-hydrogen) atoms. The zero-order valence-electron chi connectivity index (χ0n) is 16.9. The number of amides is 1. The Morgan fingerprint density at radius 1 is 1.10 bits per heavy atom. The number of aromatic nitrogens is 3. The largest absolute Gasteiger partial charge is 0.418 e. The highest BCUT2D eigenvalue weighted by Crippen LogP contribution is 2.35. The van der Waals surface area contributed by atoms with Crippen LogP contribution in [-0.4, -0.2) is 20.7 Å². The Morgan fingerprint density at radius 3 is 2.52 bits per heavy atom. The molecule has 0 spiro atoms. The lowest BCUT2D eigenvalue weighted by atomic mass is 10.0. The van der Waals surface area contributed by atoms with E-state index in [1.165, 1.54) is 18.2 Å². The lowest BCUT2D eigenvalue weighted by Crippen LogP contribution is -2.17. The van der Waals surface area contributed by atoms with E-state index in [1.807, 2.05) is 20.0 Å². The van der Waals surface area contributed by atoms with E-state index in [9.17, 15) is 18.0 Å². The molecule has 0 unspecified atom stereocenters. The average molecular weight is 424 g/mol. The quantitative estimate of drug-likeness (QED) is 0.457. The van der Waals surface area contributed by atoms with Gasteiger partial charge in [0, 0.05) is 23.7 Å². The predicted molar refractivity (Wildman–Crippen MR) is 113 cm³/mol. The Balaban J connectivity index is 1.82. The fraction of sp³-hybridized carbons (Fsp3) is 0.174. The van der Waals surface area contributed by atoms with Crippen LogP contribution in [0.5, 0.6) is 0 Å². The first-order chi connectivity index (χ1) is 14.8. The number of aryl methyl sites for hydroxylation is 2. The first-order valence-corrected chi connectivity index (χ1v) is 9.69. The summed E-state index contributed by atoms with van der Waals surface area (Å²) < 4.78 is 41.8. The monoisotopic (exact) mass is 424 g/mol. The summed E-state index contributed by atoms with van der Waals surface area (Å²) in [5, 5.41) is 7.40. The van der Waals surface area contributed by atoms with Crippen molar-refractivity contribution in [2.45, 2.75) is 26.6 Å². The van der Waals surface area contributed by atoms with Crippen LogP contribution in [0.3, 0.4) is 0 Å². The van der Waals surface area contributed by atoms with Gasteiger partial charge >= 0.3 is 6.18 Å². The summed E-state index contributed by atoms with van der Waals surface area (Å²) in [5.74, 6) is -0.642. The predicted octanol–water partition coefficient (Wildman–Crippen LogP) is 5.70. The molecular formula is C23H19F3N4O. The van der Waals surface area contributed by atoms with E-state index in [1.54, 1.807) is 35.0 Å². The molecular weight excluding hydrogens is 405 g/mol. The highest BCUT2D eigenvalue weighted by atomic mass is 19.4. The number of nitrogens with zero attached hydrogens (tertiary/aromatic N) is 3. The van der Waals surface area contributed by atoms with E-state index in [2.05, 4.69) is 15.4 Å². The average Bonchev–Trinajstić information content (AvgIpc) is 3.13. The van der Waals surface area contributed by atoms with Crippen LogP contribution in [0.25, 0.3) is 22.2 Å². The number of pyridine rings is 1. The lowest BCUT2D eigenvalue weighted by Gasteiger charge is -2.15. The molecule has 2 aromatic carbocycles. The number of halogens is 3. The molecule has 0 atom stereocenters. The Labute approximate surface area is 176 Å². The molecule has 2 aromatic heterocycles. The molecule has 0 aliphatic carbocycles.